The lowest BCUT2D eigenvalue weighted by atomic mass is 9.97. The molecule has 21 heavy (non-hydrogen) atoms. The Hall–Kier alpha value is -2.27. The van der Waals surface area contributed by atoms with Gasteiger partial charge in [0.2, 0.25) is 0 Å². The topological polar surface area (TPSA) is 58.1 Å². The quantitative estimate of drug-likeness (QED) is 0.924. The Labute approximate surface area is 124 Å². The molecule has 108 valence electrons. The van der Waals surface area contributed by atoms with Gasteiger partial charge in [-0.1, -0.05) is 0 Å². The van der Waals surface area contributed by atoms with Gasteiger partial charge >= 0.3 is 0 Å². The number of aromatic nitrogens is 2. The highest BCUT2D eigenvalue weighted by molar-refractivity contribution is 5.95. The van der Waals surface area contributed by atoms with Crippen molar-refractivity contribution in [3.63, 3.8) is 0 Å². The van der Waals surface area contributed by atoms with Crippen LogP contribution in [0.2, 0.25) is 0 Å². The highest BCUT2D eigenvalue weighted by atomic mass is 16.1. The maximum atomic E-state index is 12.4. The van der Waals surface area contributed by atoms with Gasteiger partial charge in [-0.15, -0.1) is 0 Å². The molecule has 2 aromatic rings. The van der Waals surface area contributed by atoms with E-state index in [1.54, 1.807) is 18.6 Å². The number of hydrogen-bond acceptors (Lipinski definition) is 4. The SMILES string of the molecule is CN1CCc2c(cncc2C(=O)NCc2ccncc2)C1. The molecule has 0 fully saturated rings. The van der Waals surface area contributed by atoms with Crippen molar-refractivity contribution in [3.05, 3.63) is 59.2 Å². The summed E-state index contributed by atoms with van der Waals surface area (Å²) in [6.45, 7) is 2.33. The molecule has 0 aromatic carbocycles. The number of nitrogens with one attached hydrogen (secondary N) is 1. The first-order valence-corrected chi connectivity index (χ1v) is 7.05. The molecule has 1 aliphatic rings. The molecule has 1 amide bonds. The van der Waals surface area contributed by atoms with Gasteiger partial charge in [0.25, 0.3) is 5.91 Å². The van der Waals surface area contributed by atoms with Crippen molar-refractivity contribution in [2.24, 2.45) is 0 Å². The predicted molar refractivity (Wildman–Crippen MR) is 79.7 cm³/mol. The molecule has 0 bridgehead atoms. The van der Waals surface area contributed by atoms with E-state index < -0.39 is 0 Å². The van der Waals surface area contributed by atoms with Crippen LogP contribution in [0.5, 0.6) is 0 Å². The zero-order chi connectivity index (χ0) is 14.7. The van der Waals surface area contributed by atoms with Crippen LogP contribution in [0.25, 0.3) is 0 Å². The fourth-order valence-corrected chi connectivity index (χ4v) is 2.61. The van der Waals surface area contributed by atoms with E-state index in [1.165, 1.54) is 0 Å². The van der Waals surface area contributed by atoms with Gasteiger partial charge in [0.15, 0.2) is 0 Å². The van der Waals surface area contributed by atoms with E-state index in [4.69, 9.17) is 0 Å². The summed E-state index contributed by atoms with van der Waals surface area (Å²) in [5.74, 6) is -0.0549. The van der Waals surface area contributed by atoms with Gasteiger partial charge < -0.3 is 10.2 Å². The number of likely N-dealkylation sites (N-methyl/N-ethyl adjacent to an activating group) is 1. The van der Waals surface area contributed by atoms with Crippen LogP contribution in [0.15, 0.2) is 36.9 Å². The van der Waals surface area contributed by atoms with Crippen molar-refractivity contribution in [1.29, 1.82) is 0 Å². The zero-order valence-corrected chi connectivity index (χ0v) is 12.0. The van der Waals surface area contributed by atoms with Crippen molar-refractivity contribution < 1.29 is 4.79 Å². The van der Waals surface area contributed by atoms with Crippen LogP contribution in [-0.4, -0.2) is 34.4 Å². The first kappa shape index (κ1) is 13.7. The number of amides is 1. The maximum Gasteiger partial charge on any atom is 0.253 e. The molecule has 1 aliphatic heterocycles. The second-order valence-electron chi connectivity index (χ2n) is 5.35. The van der Waals surface area contributed by atoms with Gasteiger partial charge in [-0.25, -0.2) is 0 Å². The van der Waals surface area contributed by atoms with Crippen LogP contribution in [-0.2, 0) is 19.5 Å². The van der Waals surface area contributed by atoms with Crippen LogP contribution in [0, 0.1) is 0 Å². The predicted octanol–water partition coefficient (Wildman–Crippen LogP) is 1.39. The van der Waals surface area contributed by atoms with Crippen molar-refractivity contribution in [1.82, 2.24) is 20.2 Å². The van der Waals surface area contributed by atoms with Crippen LogP contribution in [0.1, 0.15) is 27.0 Å². The average molecular weight is 282 g/mol. The van der Waals surface area contributed by atoms with Gasteiger partial charge in [0.1, 0.15) is 0 Å². The first-order valence-electron chi connectivity index (χ1n) is 7.05. The summed E-state index contributed by atoms with van der Waals surface area (Å²) in [6, 6.07) is 3.79. The Balaban J connectivity index is 1.75. The number of nitrogens with zero attached hydrogens (tertiary/aromatic N) is 3. The Morgan fingerprint density at radius 3 is 2.90 bits per heavy atom. The zero-order valence-electron chi connectivity index (χ0n) is 12.0. The van der Waals surface area contributed by atoms with Crippen molar-refractivity contribution in [2.75, 3.05) is 13.6 Å². The maximum absolute atomic E-state index is 12.4. The molecule has 0 saturated carbocycles. The highest BCUT2D eigenvalue weighted by Crippen LogP contribution is 2.20. The van der Waals surface area contributed by atoms with Gasteiger partial charge in [0.05, 0.1) is 5.56 Å². The molecule has 0 radical (unpaired) electrons. The Morgan fingerprint density at radius 2 is 2.10 bits per heavy atom. The van der Waals surface area contributed by atoms with Crippen LogP contribution < -0.4 is 5.32 Å². The van der Waals surface area contributed by atoms with E-state index in [0.717, 1.165) is 36.2 Å². The standard InChI is InChI=1S/C16H18N4O/c1-20-7-4-14-13(11-20)9-18-10-15(14)16(21)19-8-12-2-5-17-6-3-12/h2-3,5-6,9-10H,4,7-8,11H2,1H3,(H,19,21). The fraction of sp³-hybridized carbons (Fsp3) is 0.312. The molecular weight excluding hydrogens is 264 g/mol. The molecule has 0 atom stereocenters. The summed E-state index contributed by atoms with van der Waals surface area (Å²) in [5, 5.41) is 2.96. The third-order valence-corrected chi connectivity index (χ3v) is 3.78. The smallest absolute Gasteiger partial charge is 0.253 e. The van der Waals surface area contributed by atoms with Gasteiger partial charge in [0, 0.05) is 44.4 Å². The second-order valence-corrected chi connectivity index (χ2v) is 5.35. The van der Waals surface area contributed by atoms with Crippen LogP contribution in [0.3, 0.4) is 0 Å². The minimum absolute atomic E-state index is 0.0549. The third-order valence-electron chi connectivity index (χ3n) is 3.78. The third kappa shape index (κ3) is 3.08. The normalized spacial score (nSPS) is 14.5. The van der Waals surface area contributed by atoms with Crippen LogP contribution in [0.4, 0.5) is 0 Å². The Bertz CT molecular complexity index is 642. The highest BCUT2D eigenvalue weighted by Gasteiger charge is 2.20. The van der Waals surface area contributed by atoms with E-state index >= 15 is 0 Å². The van der Waals surface area contributed by atoms with E-state index in [0.29, 0.717) is 12.1 Å². The summed E-state index contributed by atoms with van der Waals surface area (Å²) >= 11 is 0. The fourth-order valence-electron chi connectivity index (χ4n) is 2.61. The molecule has 3 heterocycles. The van der Waals surface area contributed by atoms with Crippen LogP contribution >= 0.6 is 0 Å². The monoisotopic (exact) mass is 282 g/mol. The lowest BCUT2D eigenvalue weighted by Gasteiger charge is -2.26. The molecule has 1 N–H and O–H groups in total. The van der Waals surface area contributed by atoms with Crippen molar-refractivity contribution >= 4 is 5.91 Å². The summed E-state index contributed by atoms with van der Waals surface area (Å²) < 4.78 is 0. The van der Waals surface area contributed by atoms with Gasteiger partial charge in [-0.05, 0) is 42.3 Å². The lowest BCUT2D eigenvalue weighted by molar-refractivity contribution is 0.0948. The van der Waals surface area contributed by atoms with Gasteiger partial charge in [-0.3, -0.25) is 14.8 Å². The van der Waals surface area contributed by atoms with E-state index in [9.17, 15) is 4.79 Å². The van der Waals surface area contributed by atoms with Crippen molar-refractivity contribution in [3.8, 4) is 0 Å². The number of carbonyl (C=O) groups is 1. The van der Waals surface area contributed by atoms with Gasteiger partial charge in [-0.2, -0.15) is 0 Å². The minimum Gasteiger partial charge on any atom is -0.348 e. The van der Waals surface area contributed by atoms with Crippen molar-refractivity contribution in [2.45, 2.75) is 19.5 Å². The first-order chi connectivity index (χ1) is 10.2. The minimum atomic E-state index is -0.0549. The summed E-state index contributed by atoms with van der Waals surface area (Å²) in [5.41, 5.74) is 4.03. The number of fused-ring (bicyclic) bond motifs is 1. The molecule has 0 aliphatic carbocycles. The number of carbonyl (C=O) groups excluding carboxylic acids is 1. The van der Waals surface area contributed by atoms with E-state index in [-0.39, 0.29) is 5.91 Å². The average Bonchev–Trinajstić information content (AvgIpc) is 2.52. The molecule has 2 aromatic heterocycles. The number of rotatable bonds is 3. The molecular formula is C16H18N4O. The molecule has 5 nitrogen and oxygen atoms in total. The number of pyridine rings is 2. The second kappa shape index (κ2) is 6.01. The summed E-state index contributed by atoms with van der Waals surface area (Å²) in [6.07, 6.45) is 7.88. The molecule has 0 spiro atoms. The van der Waals surface area contributed by atoms with E-state index in [2.05, 4.69) is 27.2 Å². The summed E-state index contributed by atoms with van der Waals surface area (Å²) in [4.78, 5) is 22.8. The molecule has 0 unspecified atom stereocenters. The molecule has 0 saturated heterocycles. The molecule has 5 heteroatoms. The lowest BCUT2D eigenvalue weighted by Crippen LogP contribution is -2.30. The Morgan fingerprint density at radius 1 is 1.29 bits per heavy atom. The van der Waals surface area contributed by atoms with E-state index in [1.807, 2.05) is 18.3 Å². The summed E-state index contributed by atoms with van der Waals surface area (Å²) in [7, 11) is 2.08. The largest absolute Gasteiger partial charge is 0.348 e. The Kier molecular flexibility index (Phi) is 3.92. The molecule has 3 rings (SSSR count). The number of hydrogen-bond donors (Lipinski definition) is 1.